The van der Waals surface area contributed by atoms with Crippen LogP contribution in [-0.2, 0) is 9.47 Å². The molecule has 0 aliphatic heterocycles. The van der Waals surface area contributed by atoms with Crippen molar-refractivity contribution in [3.63, 3.8) is 0 Å². The Hall–Kier alpha value is -3.56. The number of amides is 1. The number of nitrogens with zero attached hydrogens (tertiary/aromatic N) is 2. The van der Waals surface area contributed by atoms with Gasteiger partial charge in [0.2, 0.25) is 0 Å². The van der Waals surface area contributed by atoms with Gasteiger partial charge in [-0.05, 0) is 65.3 Å². The molecule has 0 saturated heterocycles. The Morgan fingerprint density at radius 1 is 1.17 bits per heavy atom. The minimum Gasteiger partial charge on any atom is -0.494 e. The Morgan fingerprint density at radius 3 is 2.54 bits per heavy atom. The zero-order valence-electron chi connectivity index (χ0n) is 21.1. The SMILES string of the molecule is C/C=C\C#CC/C=C(\C)OC/C(C)=C/c1c(Cl)nc(-c2ccccc2)nc1NC(=O)OC(C)(C)C. The lowest BCUT2D eigenvalue weighted by molar-refractivity contribution is 0.0635. The monoisotopic (exact) mass is 493 g/mol. The van der Waals surface area contributed by atoms with Crippen LogP contribution in [0.3, 0.4) is 0 Å². The molecule has 0 saturated carbocycles. The summed E-state index contributed by atoms with van der Waals surface area (Å²) in [6, 6.07) is 9.40. The fourth-order valence-corrected chi connectivity index (χ4v) is 2.98. The first-order valence-corrected chi connectivity index (χ1v) is 11.7. The Morgan fingerprint density at radius 2 is 1.89 bits per heavy atom. The van der Waals surface area contributed by atoms with Crippen LogP contribution in [0.15, 0.2) is 59.9 Å². The summed E-state index contributed by atoms with van der Waals surface area (Å²) in [7, 11) is 0. The van der Waals surface area contributed by atoms with Crippen molar-refractivity contribution < 1.29 is 14.3 Å². The van der Waals surface area contributed by atoms with Crippen LogP contribution in [0.25, 0.3) is 17.5 Å². The van der Waals surface area contributed by atoms with Crippen LogP contribution in [0.2, 0.25) is 5.15 Å². The van der Waals surface area contributed by atoms with Gasteiger partial charge in [-0.3, -0.25) is 5.32 Å². The molecule has 0 spiro atoms. The number of carbonyl (C=O) groups is 1. The first kappa shape index (κ1) is 27.7. The number of carbonyl (C=O) groups excluding carboxylic acids is 1. The Bertz CT molecular complexity index is 1170. The van der Waals surface area contributed by atoms with Crippen LogP contribution in [0.5, 0.6) is 0 Å². The first-order valence-electron chi connectivity index (χ1n) is 11.3. The van der Waals surface area contributed by atoms with Crippen LogP contribution in [-0.4, -0.2) is 28.3 Å². The smallest absolute Gasteiger partial charge is 0.413 e. The highest BCUT2D eigenvalue weighted by Gasteiger charge is 2.20. The minimum absolute atomic E-state index is 0.204. The third-order valence-electron chi connectivity index (χ3n) is 4.31. The standard InChI is InChI=1S/C28H32ClN3O3/c1-7-8-9-10-12-15-21(3)34-19-20(2)18-23-24(29)30-25(22-16-13-11-14-17-22)31-26(23)32-27(33)35-28(4,5)6/h7-8,11,13-18H,12,19H2,1-6H3,(H,30,31,32,33)/b8-7-,20-18+,21-15+. The van der Waals surface area contributed by atoms with E-state index < -0.39 is 11.7 Å². The van der Waals surface area contributed by atoms with E-state index in [1.807, 2.05) is 63.3 Å². The van der Waals surface area contributed by atoms with Crippen molar-refractivity contribution in [1.29, 1.82) is 0 Å². The number of nitrogens with one attached hydrogen (secondary N) is 1. The predicted octanol–water partition coefficient (Wildman–Crippen LogP) is 7.44. The molecule has 35 heavy (non-hydrogen) atoms. The van der Waals surface area contributed by atoms with Gasteiger partial charge in [0, 0.05) is 12.0 Å². The topological polar surface area (TPSA) is 73.3 Å². The molecule has 1 N–H and O–H groups in total. The van der Waals surface area contributed by atoms with Gasteiger partial charge in [0.05, 0.1) is 11.3 Å². The summed E-state index contributed by atoms with van der Waals surface area (Å²) in [6.45, 7) is 11.4. The van der Waals surface area contributed by atoms with E-state index in [1.165, 1.54) is 0 Å². The summed E-state index contributed by atoms with van der Waals surface area (Å²) in [5, 5.41) is 2.92. The number of benzene rings is 1. The van der Waals surface area contributed by atoms with E-state index in [0.717, 1.165) is 16.9 Å². The molecule has 1 aromatic carbocycles. The number of hydrogen-bond donors (Lipinski definition) is 1. The second-order valence-corrected chi connectivity index (χ2v) is 9.07. The summed E-state index contributed by atoms with van der Waals surface area (Å²) in [6.07, 6.45) is 7.37. The average molecular weight is 494 g/mol. The van der Waals surface area contributed by atoms with E-state index in [1.54, 1.807) is 32.9 Å². The number of ether oxygens (including phenoxy) is 2. The highest BCUT2D eigenvalue weighted by Crippen LogP contribution is 2.28. The quantitative estimate of drug-likeness (QED) is 0.246. The molecule has 7 heteroatoms. The van der Waals surface area contributed by atoms with E-state index in [2.05, 4.69) is 27.1 Å². The number of aromatic nitrogens is 2. The molecule has 0 aliphatic rings. The molecule has 6 nitrogen and oxygen atoms in total. The largest absolute Gasteiger partial charge is 0.494 e. The molecule has 2 rings (SSSR count). The van der Waals surface area contributed by atoms with Gasteiger partial charge in [-0.2, -0.15) is 0 Å². The summed E-state index contributed by atoms with van der Waals surface area (Å²) in [4.78, 5) is 21.5. The maximum atomic E-state index is 12.5. The fourth-order valence-electron chi connectivity index (χ4n) is 2.75. The van der Waals surface area contributed by atoms with E-state index in [0.29, 0.717) is 24.4 Å². The molecule has 0 unspecified atom stereocenters. The maximum Gasteiger partial charge on any atom is 0.413 e. The van der Waals surface area contributed by atoms with Crippen LogP contribution >= 0.6 is 11.6 Å². The van der Waals surface area contributed by atoms with Gasteiger partial charge in [0.1, 0.15) is 23.2 Å². The van der Waals surface area contributed by atoms with E-state index in [4.69, 9.17) is 21.1 Å². The first-order chi connectivity index (χ1) is 16.6. The lowest BCUT2D eigenvalue weighted by Gasteiger charge is -2.20. The zero-order valence-corrected chi connectivity index (χ0v) is 21.9. The number of anilines is 1. The number of halogens is 1. The van der Waals surface area contributed by atoms with Gasteiger partial charge >= 0.3 is 6.09 Å². The summed E-state index contributed by atoms with van der Waals surface area (Å²) in [5.41, 5.74) is 1.44. The van der Waals surface area contributed by atoms with Gasteiger partial charge < -0.3 is 9.47 Å². The summed E-state index contributed by atoms with van der Waals surface area (Å²) < 4.78 is 11.2. The summed E-state index contributed by atoms with van der Waals surface area (Å²) in [5.74, 6) is 7.36. The Balaban J connectivity index is 2.29. The van der Waals surface area contributed by atoms with Gasteiger partial charge in [0.15, 0.2) is 5.82 Å². The highest BCUT2D eigenvalue weighted by atomic mass is 35.5. The van der Waals surface area contributed by atoms with Crippen molar-refractivity contribution in [2.75, 3.05) is 11.9 Å². The van der Waals surface area contributed by atoms with Gasteiger partial charge in [-0.1, -0.05) is 59.8 Å². The Labute approximate surface area is 213 Å². The third kappa shape index (κ3) is 10.1. The molecule has 2 aromatic rings. The zero-order chi connectivity index (χ0) is 25.8. The molecular weight excluding hydrogens is 462 g/mol. The third-order valence-corrected chi connectivity index (χ3v) is 4.60. The molecule has 0 fully saturated rings. The fraction of sp³-hybridized carbons (Fsp3) is 0.321. The minimum atomic E-state index is -0.663. The maximum absolute atomic E-state index is 12.5. The molecule has 0 bridgehead atoms. The summed E-state index contributed by atoms with van der Waals surface area (Å²) >= 11 is 6.56. The van der Waals surface area contributed by atoms with Crippen molar-refractivity contribution >= 4 is 29.6 Å². The van der Waals surface area contributed by atoms with Gasteiger partial charge in [-0.25, -0.2) is 14.8 Å². The van der Waals surface area contributed by atoms with E-state index in [9.17, 15) is 4.79 Å². The van der Waals surface area contributed by atoms with Crippen molar-refractivity contribution in [1.82, 2.24) is 9.97 Å². The molecule has 0 aliphatic carbocycles. The van der Waals surface area contributed by atoms with Gasteiger partial charge in [-0.15, -0.1) is 0 Å². The second kappa shape index (κ2) is 13.4. The lowest BCUT2D eigenvalue weighted by Crippen LogP contribution is -2.28. The van der Waals surface area contributed by atoms with Crippen molar-refractivity contribution in [2.24, 2.45) is 0 Å². The predicted molar refractivity (Wildman–Crippen MR) is 143 cm³/mol. The molecular formula is C28H32ClN3O3. The molecule has 0 atom stereocenters. The molecule has 184 valence electrons. The number of allylic oxidation sites excluding steroid dienone is 4. The molecule has 1 heterocycles. The lowest BCUT2D eigenvalue weighted by atomic mass is 10.1. The van der Waals surface area contributed by atoms with Gasteiger partial charge in [0.25, 0.3) is 0 Å². The number of rotatable bonds is 7. The van der Waals surface area contributed by atoms with Crippen molar-refractivity contribution in [2.45, 2.75) is 53.6 Å². The van der Waals surface area contributed by atoms with Crippen LogP contribution < -0.4 is 5.32 Å². The normalized spacial score (nSPS) is 12.2. The highest BCUT2D eigenvalue weighted by molar-refractivity contribution is 6.31. The van der Waals surface area contributed by atoms with Crippen molar-refractivity contribution in [3.05, 3.63) is 70.6 Å². The van der Waals surface area contributed by atoms with E-state index in [-0.39, 0.29) is 11.0 Å². The molecule has 0 radical (unpaired) electrons. The average Bonchev–Trinajstić information content (AvgIpc) is 2.79. The molecule has 1 aromatic heterocycles. The van der Waals surface area contributed by atoms with Crippen LogP contribution in [0.1, 0.15) is 53.5 Å². The van der Waals surface area contributed by atoms with Crippen LogP contribution in [0, 0.1) is 11.8 Å². The van der Waals surface area contributed by atoms with E-state index >= 15 is 0 Å². The second-order valence-electron chi connectivity index (χ2n) is 8.71. The van der Waals surface area contributed by atoms with Crippen LogP contribution in [0.4, 0.5) is 10.6 Å². The number of hydrogen-bond acceptors (Lipinski definition) is 5. The molecule has 1 amide bonds. The van der Waals surface area contributed by atoms with Crippen molar-refractivity contribution in [3.8, 4) is 23.2 Å². The Kier molecular flexibility index (Phi) is 10.6.